The minimum absolute atomic E-state index is 0.0750. The molecule has 1 N–H and O–H groups in total. The van der Waals surface area contributed by atoms with Crippen molar-refractivity contribution >= 4 is 29.3 Å². The van der Waals surface area contributed by atoms with E-state index in [0.29, 0.717) is 0 Å². The van der Waals surface area contributed by atoms with E-state index in [9.17, 15) is 22.8 Å². The van der Waals surface area contributed by atoms with Crippen LogP contribution in [0.1, 0.15) is 33.3 Å². The average Bonchev–Trinajstić information content (AvgIpc) is 2.40. The quantitative estimate of drug-likeness (QED) is 0.850. The zero-order valence-electron chi connectivity index (χ0n) is 14.3. The molecule has 0 spiro atoms. The number of benzene rings is 1. The molecule has 1 aromatic carbocycles. The van der Waals surface area contributed by atoms with E-state index in [-0.39, 0.29) is 23.8 Å². The maximum atomic E-state index is 13.2. The first-order chi connectivity index (χ1) is 11.3. The number of hydrogen-bond donors (Lipinski definition) is 1. The first kappa shape index (κ1) is 21.1. The summed E-state index contributed by atoms with van der Waals surface area (Å²) >= 11 is 5.64. The van der Waals surface area contributed by atoms with Crippen LogP contribution < -0.4 is 10.2 Å². The zero-order chi connectivity index (χ0) is 19.4. The highest BCUT2D eigenvalue weighted by Gasteiger charge is 2.36. The van der Waals surface area contributed by atoms with E-state index in [1.807, 2.05) is 0 Å². The molecule has 0 saturated carbocycles. The minimum atomic E-state index is -4.67. The van der Waals surface area contributed by atoms with E-state index in [1.54, 1.807) is 20.8 Å². The molecule has 2 amide bonds. The number of ether oxygens (including phenoxy) is 1. The zero-order valence-corrected chi connectivity index (χ0v) is 15.1. The topological polar surface area (TPSA) is 58.6 Å². The molecule has 0 unspecified atom stereocenters. The fourth-order valence-corrected chi connectivity index (χ4v) is 2.17. The van der Waals surface area contributed by atoms with Crippen LogP contribution >= 0.6 is 11.6 Å². The lowest BCUT2D eigenvalue weighted by Gasteiger charge is -2.25. The van der Waals surface area contributed by atoms with Gasteiger partial charge in [0.15, 0.2) is 0 Å². The van der Waals surface area contributed by atoms with E-state index >= 15 is 0 Å². The maximum absolute atomic E-state index is 13.2. The lowest BCUT2D eigenvalue weighted by atomic mass is 10.1. The van der Waals surface area contributed by atoms with Crippen LogP contribution in [0.5, 0.6) is 0 Å². The molecule has 0 aliphatic carbocycles. The maximum Gasteiger partial charge on any atom is 0.418 e. The number of carbonyl (C=O) groups is 2. The lowest BCUT2D eigenvalue weighted by molar-refractivity contribution is -0.137. The van der Waals surface area contributed by atoms with Crippen molar-refractivity contribution in [1.29, 1.82) is 0 Å². The van der Waals surface area contributed by atoms with Crippen molar-refractivity contribution in [3.05, 3.63) is 28.8 Å². The van der Waals surface area contributed by atoms with Gasteiger partial charge < -0.3 is 15.0 Å². The van der Waals surface area contributed by atoms with Crippen molar-refractivity contribution in [1.82, 2.24) is 5.32 Å². The number of alkyl carbamates (subject to hydrolysis) is 1. The van der Waals surface area contributed by atoms with Crippen LogP contribution in [-0.2, 0) is 15.7 Å². The number of carbonyl (C=O) groups excluding carboxylic acids is 2. The third kappa shape index (κ3) is 6.81. The van der Waals surface area contributed by atoms with E-state index in [4.69, 9.17) is 16.3 Å². The number of alkyl halides is 3. The first-order valence-corrected chi connectivity index (χ1v) is 7.81. The summed E-state index contributed by atoms with van der Waals surface area (Å²) < 4.78 is 44.6. The van der Waals surface area contributed by atoms with E-state index < -0.39 is 29.3 Å². The highest BCUT2D eigenvalue weighted by molar-refractivity contribution is 6.30. The molecular weight excluding hydrogens is 361 g/mol. The minimum Gasteiger partial charge on any atom is -0.444 e. The van der Waals surface area contributed by atoms with Gasteiger partial charge in [-0.3, -0.25) is 4.79 Å². The second kappa shape index (κ2) is 7.95. The van der Waals surface area contributed by atoms with Gasteiger partial charge in [-0.1, -0.05) is 11.6 Å². The summed E-state index contributed by atoms with van der Waals surface area (Å²) in [7, 11) is 0. The molecule has 0 aliphatic rings. The molecule has 0 atom stereocenters. The average molecular weight is 381 g/mol. The molecule has 0 saturated heterocycles. The fourth-order valence-electron chi connectivity index (χ4n) is 2.00. The Labute approximate surface area is 149 Å². The molecule has 0 fully saturated rings. The molecule has 5 nitrogen and oxygen atoms in total. The molecule has 0 radical (unpaired) electrons. The van der Waals surface area contributed by atoms with Gasteiger partial charge in [-0.2, -0.15) is 13.2 Å². The Morgan fingerprint density at radius 1 is 1.24 bits per heavy atom. The Balaban J connectivity index is 2.92. The third-order valence-corrected chi connectivity index (χ3v) is 3.17. The van der Waals surface area contributed by atoms with E-state index in [1.165, 1.54) is 6.07 Å². The SMILES string of the molecule is CC(=O)N(CCNC(=O)OC(C)(C)C)c1ccc(Cl)cc1C(F)(F)F. The van der Waals surface area contributed by atoms with Gasteiger partial charge in [0.1, 0.15) is 5.60 Å². The van der Waals surface area contributed by atoms with Crippen molar-refractivity contribution in [2.24, 2.45) is 0 Å². The molecule has 1 aromatic rings. The van der Waals surface area contributed by atoms with E-state index in [2.05, 4.69) is 5.32 Å². The van der Waals surface area contributed by atoms with Crippen LogP contribution in [0.15, 0.2) is 18.2 Å². The molecule has 0 aromatic heterocycles. The Bertz CT molecular complexity index is 642. The largest absolute Gasteiger partial charge is 0.444 e. The lowest BCUT2D eigenvalue weighted by Crippen LogP contribution is -2.40. The predicted octanol–water partition coefficient (Wildman–Crippen LogP) is 4.24. The standard InChI is InChI=1S/C16H20ClF3N2O3/c1-10(23)22(8-7-21-14(24)25-15(2,3)4)13-6-5-11(17)9-12(13)16(18,19)20/h5-6,9H,7-8H2,1-4H3,(H,21,24). The monoisotopic (exact) mass is 380 g/mol. The molecule has 0 heterocycles. The number of rotatable bonds is 4. The van der Waals surface area contributed by atoms with Crippen LogP contribution in [0, 0.1) is 0 Å². The van der Waals surface area contributed by atoms with Gasteiger partial charge in [0, 0.05) is 25.0 Å². The Morgan fingerprint density at radius 2 is 1.84 bits per heavy atom. The van der Waals surface area contributed by atoms with E-state index in [0.717, 1.165) is 24.0 Å². The molecule has 140 valence electrons. The Morgan fingerprint density at radius 3 is 2.32 bits per heavy atom. The summed E-state index contributed by atoms with van der Waals surface area (Å²) in [6.07, 6.45) is -5.39. The van der Waals surface area contributed by atoms with Crippen molar-refractivity contribution in [3.8, 4) is 0 Å². The predicted molar refractivity (Wildman–Crippen MR) is 88.7 cm³/mol. The summed E-state index contributed by atoms with van der Waals surface area (Å²) in [5.41, 5.74) is -2.05. The number of anilines is 1. The highest BCUT2D eigenvalue weighted by atomic mass is 35.5. The summed E-state index contributed by atoms with van der Waals surface area (Å²) in [5, 5.41) is 2.31. The molecule has 25 heavy (non-hydrogen) atoms. The second-order valence-corrected chi connectivity index (χ2v) is 6.69. The van der Waals surface area contributed by atoms with Crippen LogP contribution in [-0.4, -0.2) is 30.7 Å². The number of nitrogens with zero attached hydrogens (tertiary/aromatic N) is 1. The summed E-state index contributed by atoms with van der Waals surface area (Å²) in [6.45, 7) is 5.95. The first-order valence-electron chi connectivity index (χ1n) is 7.43. The van der Waals surface area contributed by atoms with Gasteiger partial charge in [-0.15, -0.1) is 0 Å². The van der Waals surface area contributed by atoms with Crippen molar-refractivity contribution in [2.45, 2.75) is 39.5 Å². The summed E-state index contributed by atoms with van der Waals surface area (Å²) in [6, 6.07) is 3.15. The van der Waals surface area contributed by atoms with Gasteiger partial charge in [0.05, 0.1) is 11.3 Å². The number of nitrogens with one attached hydrogen (secondary N) is 1. The molecule has 1 rings (SSSR count). The fraction of sp³-hybridized carbons (Fsp3) is 0.500. The molecular formula is C16H20ClF3N2O3. The second-order valence-electron chi connectivity index (χ2n) is 6.26. The van der Waals surface area contributed by atoms with Crippen LogP contribution in [0.25, 0.3) is 0 Å². The molecule has 9 heteroatoms. The summed E-state index contributed by atoms with van der Waals surface area (Å²) in [5.74, 6) is -0.598. The highest BCUT2D eigenvalue weighted by Crippen LogP contribution is 2.38. The third-order valence-electron chi connectivity index (χ3n) is 2.94. The van der Waals surface area contributed by atoms with Crippen molar-refractivity contribution < 1.29 is 27.5 Å². The van der Waals surface area contributed by atoms with Crippen LogP contribution in [0.4, 0.5) is 23.7 Å². The number of halogens is 4. The molecule has 0 bridgehead atoms. The summed E-state index contributed by atoms with van der Waals surface area (Å²) in [4.78, 5) is 24.3. The number of amides is 2. The van der Waals surface area contributed by atoms with Crippen molar-refractivity contribution in [2.75, 3.05) is 18.0 Å². The van der Waals surface area contributed by atoms with Gasteiger partial charge in [0.2, 0.25) is 5.91 Å². The smallest absolute Gasteiger partial charge is 0.418 e. The Hall–Kier alpha value is -1.96. The van der Waals surface area contributed by atoms with Gasteiger partial charge in [-0.05, 0) is 39.0 Å². The van der Waals surface area contributed by atoms with Crippen LogP contribution in [0.2, 0.25) is 5.02 Å². The Kier molecular flexibility index (Phi) is 6.70. The number of hydrogen-bond acceptors (Lipinski definition) is 3. The normalized spacial score (nSPS) is 11.8. The van der Waals surface area contributed by atoms with Gasteiger partial charge in [-0.25, -0.2) is 4.79 Å². The molecule has 0 aliphatic heterocycles. The van der Waals surface area contributed by atoms with Gasteiger partial charge >= 0.3 is 12.3 Å². The van der Waals surface area contributed by atoms with Crippen LogP contribution in [0.3, 0.4) is 0 Å². The van der Waals surface area contributed by atoms with Gasteiger partial charge in [0.25, 0.3) is 0 Å². The van der Waals surface area contributed by atoms with Crippen molar-refractivity contribution in [3.63, 3.8) is 0 Å².